The summed E-state index contributed by atoms with van der Waals surface area (Å²) in [6.45, 7) is 0. The van der Waals surface area contributed by atoms with Gasteiger partial charge in [0.15, 0.2) is 0 Å². The van der Waals surface area contributed by atoms with Crippen LogP contribution in [0, 0.1) is 11.3 Å². The van der Waals surface area contributed by atoms with E-state index in [4.69, 9.17) is 4.74 Å². The summed E-state index contributed by atoms with van der Waals surface area (Å²) in [6, 6.07) is 11.7. The Hall–Kier alpha value is -2.58. The Morgan fingerprint density at radius 2 is 2.35 bits per heavy atom. The number of aromatic nitrogens is 2. The fourth-order valence-corrected chi connectivity index (χ4v) is 2.57. The molecule has 0 amide bonds. The van der Waals surface area contributed by atoms with Crippen LogP contribution >= 0.6 is 11.3 Å². The van der Waals surface area contributed by atoms with Crippen LogP contribution in [-0.4, -0.2) is 17.1 Å². The smallest absolute Gasteiger partial charge is 0.149 e. The summed E-state index contributed by atoms with van der Waals surface area (Å²) >= 11 is 1.59. The van der Waals surface area contributed by atoms with E-state index in [1.54, 1.807) is 18.4 Å². The van der Waals surface area contributed by atoms with Gasteiger partial charge in [-0.1, -0.05) is 6.07 Å². The van der Waals surface area contributed by atoms with Gasteiger partial charge in [-0.15, -0.1) is 11.3 Å². The molecule has 3 rings (SSSR count). The van der Waals surface area contributed by atoms with Crippen LogP contribution in [0.25, 0.3) is 22.7 Å². The monoisotopic (exact) mass is 281 g/mol. The van der Waals surface area contributed by atoms with Gasteiger partial charge in [0.25, 0.3) is 0 Å². The van der Waals surface area contributed by atoms with Crippen molar-refractivity contribution in [3.05, 3.63) is 46.4 Å². The number of H-pyrrole nitrogens is 1. The summed E-state index contributed by atoms with van der Waals surface area (Å²) in [5.74, 6) is 1.33. The van der Waals surface area contributed by atoms with Gasteiger partial charge in [0.2, 0.25) is 0 Å². The molecule has 0 radical (unpaired) electrons. The quantitative estimate of drug-likeness (QED) is 0.745. The number of fused-ring (bicyclic) bond motifs is 1. The molecule has 2 heterocycles. The zero-order chi connectivity index (χ0) is 13.9. The predicted octanol–water partition coefficient (Wildman–Crippen LogP) is 3.70. The van der Waals surface area contributed by atoms with Gasteiger partial charge in [-0.3, -0.25) is 0 Å². The van der Waals surface area contributed by atoms with Crippen molar-refractivity contribution in [3.8, 4) is 11.8 Å². The SMILES string of the molecule is COc1ccc2nc(/C(C#N)=C\c3cccs3)[nH]c2c1. The summed E-state index contributed by atoms with van der Waals surface area (Å²) in [5.41, 5.74) is 2.18. The fourth-order valence-electron chi connectivity index (χ4n) is 1.91. The minimum atomic E-state index is 0.516. The first-order chi connectivity index (χ1) is 9.80. The molecular weight excluding hydrogens is 270 g/mol. The number of imidazole rings is 1. The van der Waals surface area contributed by atoms with Crippen molar-refractivity contribution in [3.63, 3.8) is 0 Å². The maximum Gasteiger partial charge on any atom is 0.149 e. The largest absolute Gasteiger partial charge is 0.497 e. The Bertz CT molecular complexity index is 809. The van der Waals surface area contributed by atoms with Gasteiger partial charge in [0.05, 0.1) is 23.7 Å². The molecule has 0 bridgehead atoms. The van der Waals surface area contributed by atoms with Crippen molar-refractivity contribution >= 4 is 34.0 Å². The van der Waals surface area contributed by atoms with Gasteiger partial charge in [-0.05, 0) is 29.7 Å². The number of thiophene rings is 1. The third-order valence-electron chi connectivity index (χ3n) is 2.89. The summed E-state index contributed by atoms with van der Waals surface area (Å²) < 4.78 is 5.18. The van der Waals surface area contributed by atoms with Crippen LogP contribution < -0.4 is 4.74 Å². The standard InChI is InChI=1S/C15H11N3OS/c1-19-11-4-5-13-14(8-11)18-15(17-13)10(9-16)7-12-3-2-6-20-12/h2-8H,1H3,(H,17,18)/b10-7-. The molecule has 0 aliphatic rings. The molecule has 5 heteroatoms. The van der Waals surface area contributed by atoms with Crippen molar-refractivity contribution in [2.45, 2.75) is 0 Å². The number of allylic oxidation sites excluding steroid dienone is 1. The molecule has 4 nitrogen and oxygen atoms in total. The van der Waals surface area contributed by atoms with Crippen LogP contribution in [0.15, 0.2) is 35.7 Å². The highest BCUT2D eigenvalue weighted by Crippen LogP contribution is 2.23. The topological polar surface area (TPSA) is 61.7 Å². The van der Waals surface area contributed by atoms with Crippen LogP contribution in [-0.2, 0) is 0 Å². The van der Waals surface area contributed by atoms with E-state index in [1.165, 1.54) is 0 Å². The van der Waals surface area contributed by atoms with Crippen LogP contribution in [0.5, 0.6) is 5.75 Å². The average Bonchev–Trinajstić information content (AvgIpc) is 3.12. The van der Waals surface area contributed by atoms with Crippen molar-refractivity contribution < 1.29 is 4.74 Å². The van der Waals surface area contributed by atoms with E-state index in [0.717, 1.165) is 21.7 Å². The molecule has 98 valence electrons. The van der Waals surface area contributed by atoms with E-state index in [9.17, 15) is 5.26 Å². The molecule has 0 aliphatic carbocycles. The third-order valence-corrected chi connectivity index (χ3v) is 3.71. The molecule has 2 aromatic heterocycles. The molecule has 0 spiro atoms. The number of nitrogens with one attached hydrogen (secondary N) is 1. The Morgan fingerprint density at radius 1 is 1.45 bits per heavy atom. The van der Waals surface area contributed by atoms with Crippen molar-refractivity contribution in [1.82, 2.24) is 9.97 Å². The van der Waals surface area contributed by atoms with Crippen LogP contribution in [0.4, 0.5) is 0 Å². The highest BCUT2D eigenvalue weighted by molar-refractivity contribution is 7.10. The first-order valence-electron chi connectivity index (χ1n) is 5.99. The molecule has 0 saturated carbocycles. The molecule has 0 saturated heterocycles. The number of nitrogens with zero attached hydrogens (tertiary/aromatic N) is 2. The second-order valence-corrected chi connectivity index (χ2v) is 5.13. The summed E-state index contributed by atoms with van der Waals surface area (Å²) in [7, 11) is 1.62. The number of hydrogen-bond acceptors (Lipinski definition) is 4. The Balaban J connectivity index is 2.07. The Kier molecular flexibility index (Phi) is 3.23. The zero-order valence-electron chi connectivity index (χ0n) is 10.8. The maximum absolute atomic E-state index is 9.31. The van der Waals surface area contributed by atoms with Crippen molar-refractivity contribution in [2.75, 3.05) is 7.11 Å². The number of aromatic amines is 1. The van der Waals surface area contributed by atoms with Gasteiger partial charge >= 0.3 is 0 Å². The number of benzene rings is 1. The Labute approximate surface area is 120 Å². The lowest BCUT2D eigenvalue weighted by Gasteiger charge is -1.96. The second-order valence-electron chi connectivity index (χ2n) is 4.15. The van der Waals surface area contributed by atoms with E-state index in [2.05, 4.69) is 16.0 Å². The first kappa shape index (κ1) is 12.5. The predicted molar refractivity (Wildman–Crippen MR) is 80.4 cm³/mol. The van der Waals surface area contributed by atoms with E-state index in [-0.39, 0.29) is 0 Å². The van der Waals surface area contributed by atoms with E-state index < -0.39 is 0 Å². The average molecular weight is 281 g/mol. The summed E-state index contributed by atoms with van der Waals surface area (Å²) in [6.07, 6.45) is 1.83. The van der Waals surface area contributed by atoms with Crippen LogP contribution in [0.1, 0.15) is 10.7 Å². The highest BCUT2D eigenvalue weighted by atomic mass is 32.1. The van der Waals surface area contributed by atoms with Gasteiger partial charge in [-0.25, -0.2) is 4.98 Å². The van der Waals surface area contributed by atoms with Gasteiger partial charge in [0, 0.05) is 10.9 Å². The lowest BCUT2D eigenvalue weighted by molar-refractivity contribution is 0.415. The summed E-state index contributed by atoms with van der Waals surface area (Å²) in [5, 5.41) is 11.3. The molecule has 1 aromatic carbocycles. The minimum absolute atomic E-state index is 0.516. The van der Waals surface area contributed by atoms with Crippen LogP contribution in [0.3, 0.4) is 0 Å². The minimum Gasteiger partial charge on any atom is -0.497 e. The van der Waals surface area contributed by atoms with E-state index in [1.807, 2.05) is 41.8 Å². The lowest BCUT2D eigenvalue weighted by Crippen LogP contribution is -1.83. The fraction of sp³-hybridized carbons (Fsp3) is 0.0667. The third kappa shape index (κ3) is 2.29. The van der Waals surface area contributed by atoms with Crippen molar-refractivity contribution in [2.24, 2.45) is 0 Å². The molecule has 0 fully saturated rings. The highest BCUT2D eigenvalue weighted by Gasteiger charge is 2.08. The molecule has 20 heavy (non-hydrogen) atoms. The van der Waals surface area contributed by atoms with Crippen LogP contribution in [0.2, 0.25) is 0 Å². The number of ether oxygens (including phenoxy) is 1. The zero-order valence-corrected chi connectivity index (χ0v) is 11.6. The van der Waals surface area contributed by atoms with Gasteiger partial charge in [0.1, 0.15) is 17.6 Å². The molecule has 0 aliphatic heterocycles. The second kappa shape index (κ2) is 5.19. The molecular formula is C15H11N3OS. The molecule has 1 N–H and O–H groups in total. The van der Waals surface area contributed by atoms with Gasteiger partial charge < -0.3 is 9.72 Å². The molecule has 3 aromatic rings. The number of methoxy groups -OCH3 is 1. The summed E-state index contributed by atoms with van der Waals surface area (Å²) in [4.78, 5) is 8.63. The van der Waals surface area contributed by atoms with E-state index in [0.29, 0.717) is 11.4 Å². The van der Waals surface area contributed by atoms with Gasteiger partial charge in [-0.2, -0.15) is 5.26 Å². The number of hydrogen-bond donors (Lipinski definition) is 1. The number of rotatable bonds is 3. The normalized spacial score (nSPS) is 11.5. The molecule has 0 atom stereocenters. The first-order valence-corrected chi connectivity index (χ1v) is 6.87. The maximum atomic E-state index is 9.31. The molecule has 0 unspecified atom stereocenters. The lowest BCUT2D eigenvalue weighted by atomic mass is 10.2. The van der Waals surface area contributed by atoms with E-state index >= 15 is 0 Å². The Morgan fingerprint density at radius 3 is 3.05 bits per heavy atom. The van der Waals surface area contributed by atoms with Crippen molar-refractivity contribution in [1.29, 1.82) is 5.26 Å². The number of nitriles is 1.